The van der Waals surface area contributed by atoms with Gasteiger partial charge in [0, 0.05) is 117 Å². The van der Waals surface area contributed by atoms with Crippen molar-refractivity contribution < 1.29 is 56.3 Å². The highest BCUT2D eigenvalue weighted by molar-refractivity contribution is 8.04. The van der Waals surface area contributed by atoms with E-state index < -0.39 is 11.6 Å². The zero-order chi connectivity index (χ0) is 85.2. The lowest BCUT2D eigenvalue weighted by atomic mass is 10.1. The van der Waals surface area contributed by atoms with Gasteiger partial charge in [-0.25, -0.2) is 9.97 Å². The van der Waals surface area contributed by atoms with Crippen molar-refractivity contribution in [2.75, 3.05) is 38.7 Å². The Kier molecular flexibility index (Phi) is 23.3. The number of anilines is 13. The van der Waals surface area contributed by atoms with Crippen LogP contribution in [0.2, 0.25) is 0 Å². The fraction of sp³-hybridized carbons (Fsp3) is 0.0388. The molecule has 6 aromatic heterocycles. The number of furan rings is 4. The molecule has 1 N–H and O–H groups in total. The molecule has 124 heavy (non-hydrogen) atoms. The van der Waals surface area contributed by atoms with Gasteiger partial charge >= 0.3 is 0 Å². The van der Waals surface area contributed by atoms with Crippen LogP contribution in [0.15, 0.2) is 403 Å². The summed E-state index contributed by atoms with van der Waals surface area (Å²) in [4.78, 5) is 99.6. The third kappa shape index (κ3) is 16.6. The molecule has 2 aliphatic carbocycles. The van der Waals surface area contributed by atoms with Crippen molar-refractivity contribution in [1.82, 2.24) is 15.0 Å². The third-order valence-electron chi connectivity index (χ3n) is 20.7. The van der Waals surface area contributed by atoms with E-state index in [-0.39, 0.29) is 58.0 Å². The van der Waals surface area contributed by atoms with Crippen LogP contribution < -0.4 is 29.2 Å². The van der Waals surface area contributed by atoms with E-state index in [9.17, 15) is 33.9 Å². The van der Waals surface area contributed by atoms with Gasteiger partial charge in [0.2, 0.25) is 52.5 Å². The quantitative estimate of drug-likeness (QED) is 0.0620. The van der Waals surface area contributed by atoms with Crippen LogP contribution in [-0.2, 0) is 6.61 Å². The van der Waals surface area contributed by atoms with Crippen molar-refractivity contribution >= 4 is 145 Å². The molecule has 0 unspecified atom stereocenters. The molecule has 21 heteroatoms. The van der Waals surface area contributed by atoms with Gasteiger partial charge in [-0.1, -0.05) is 157 Å². The molecule has 0 spiro atoms. The van der Waals surface area contributed by atoms with E-state index in [1.165, 1.54) is 42.5 Å². The molecule has 20 rings (SSSR count). The molecule has 16 aromatic rings. The zero-order valence-electron chi connectivity index (χ0n) is 66.9. The second-order valence-electron chi connectivity index (χ2n) is 28.4. The number of ketones is 6. The topological polar surface area (TPSA) is 239 Å². The number of aromatic nitrogens is 3. The molecule has 0 fully saturated rings. The first-order chi connectivity index (χ1) is 60.7. The first kappa shape index (κ1) is 80.1. The number of aliphatic hydroxyl groups excluding tert-OH is 1. The molecule has 0 radical (unpaired) electrons. The second kappa shape index (κ2) is 36.1. The predicted octanol–water partition coefficient (Wildman–Crippen LogP) is 24.0. The Labute approximate surface area is 717 Å². The molecule has 0 saturated carbocycles. The average Bonchev–Trinajstić information content (AvgIpc) is 1.62. The fourth-order valence-corrected chi connectivity index (χ4v) is 15.7. The number of likely N-dealkylation sites (N-methyl/N-ethyl adjacent to an activating group) is 1. The number of methoxy groups -OCH3 is 1. The van der Waals surface area contributed by atoms with Gasteiger partial charge in [0.25, 0.3) is 0 Å². The number of thioether (sulfide) groups is 1. The molecular formula is C103H74N8O12S. The number of carbonyl (C=O) groups is 6. The maximum absolute atomic E-state index is 13.1. The molecule has 0 amide bonds. The first-order valence-electron chi connectivity index (χ1n) is 39.5. The van der Waals surface area contributed by atoms with Crippen LogP contribution in [0.5, 0.6) is 5.75 Å². The van der Waals surface area contributed by atoms with Crippen molar-refractivity contribution in [3.05, 3.63) is 442 Å². The first-order valence-corrected chi connectivity index (χ1v) is 40.3. The number of nitrogens with zero attached hydrogens (tertiary/aromatic N) is 8. The van der Waals surface area contributed by atoms with Crippen molar-refractivity contribution in [2.45, 2.75) is 18.4 Å². The van der Waals surface area contributed by atoms with Gasteiger partial charge in [-0.05, 0) is 201 Å². The number of fused-ring (bicyclic) bond motifs is 4. The number of hydrogen-bond donors (Lipinski definition) is 1. The minimum Gasteiger partial charge on any atom is -0.497 e. The van der Waals surface area contributed by atoms with Crippen LogP contribution in [-0.4, -0.2) is 68.9 Å². The molecule has 2 aliphatic heterocycles. The van der Waals surface area contributed by atoms with Crippen LogP contribution in [0.1, 0.15) is 98.1 Å². The molecule has 0 atom stereocenters. The summed E-state index contributed by atoms with van der Waals surface area (Å²) in [5.74, 6) is 3.74. The van der Waals surface area contributed by atoms with Crippen LogP contribution in [0.3, 0.4) is 0 Å². The van der Waals surface area contributed by atoms with E-state index in [0.29, 0.717) is 62.7 Å². The summed E-state index contributed by atoms with van der Waals surface area (Å²) in [6.07, 6.45) is 9.04. The smallest absolute Gasteiger partial charge is 0.217 e. The number of carbonyl (C=O) groups excluding carboxylic acids is 6. The van der Waals surface area contributed by atoms with Crippen molar-refractivity contribution in [1.29, 1.82) is 0 Å². The summed E-state index contributed by atoms with van der Waals surface area (Å²) < 4.78 is 29.8. The summed E-state index contributed by atoms with van der Waals surface area (Å²) in [5, 5.41) is 9.40. The van der Waals surface area contributed by atoms with Crippen molar-refractivity contribution in [3.8, 4) is 5.75 Å². The van der Waals surface area contributed by atoms with Crippen LogP contribution in [0, 0.1) is 0 Å². The summed E-state index contributed by atoms with van der Waals surface area (Å²) in [5.41, 5.74) is 12.9. The van der Waals surface area contributed by atoms with Gasteiger partial charge in [-0.2, -0.15) is 0 Å². The summed E-state index contributed by atoms with van der Waals surface area (Å²) in [6.45, 7) is 1.92. The van der Waals surface area contributed by atoms with E-state index in [4.69, 9.17) is 22.4 Å². The molecular weight excluding hydrogens is 1570 g/mol. The van der Waals surface area contributed by atoms with E-state index in [1.54, 1.807) is 43.5 Å². The number of para-hydroxylation sites is 7. The Balaban J connectivity index is 0.000000117. The average molecular weight is 1650 g/mol. The summed E-state index contributed by atoms with van der Waals surface area (Å²) >= 11 is 1.46. The zero-order valence-corrected chi connectivity index (χ0v) is 67.7. The Morgan fingerprint density at radius 1 is 0.363 bits per heavy atom. The summed E-state index contributed by atoms with van der Waals surface area (Å²) in [6, 6.07) is 108. The predicted molar refractivity (Wildman–Crippen MR) is 482 cm³/mol. The van der Waals surface area contributed by atoms with Crippen molar-refractivity contribution in [2.24, 2.45) is 0 Å². The maximum atomic E-state index is 13.1. The Hall–Kier alpha value is -16.4. The third-order valence-corrected chi connectivity index (χ3v) is 21.8. The monoisotopic (exact) mass is 1650 g/mol. The highest BCUT2D eigenvalue weighted by Crippen LogP contribution is 2.46. The van der Waals surface area contributed by atoms with E-state index in [0.717, 1.165) is 84.1 Å². The van der Waals surface area contributed by atoms with Gasteiger partial charge in [-0.15, -0.1) is 0 Å². The van der Waals surface area contributed by atoms with Gasteiger partial charge in [-0.3, -0.25) is 53.4 Å². The Morgan fingerprint density at radius 2 is 0.734 bits per heavy atom. The minimum atomic E-state index is -0.441. The largest absolute Gasteiger partial charge is 0.497 e. The lowest BCUT2D eigenvalue weighted by Gasteiger charge is -2.22. The second-order valence-corrected chi connectivity index (χ2v) is 29.5. The molecule has 0 saturated heterocycles. The van der Waals surface area contributed by atoms with E-state index in [1.807, 2.05) is 343 Å². The molecule has 8 heterocycles. The number of benzene rings is 10. The van der Waals surface area contributed by atoms with Crippen LogP contribution in [0.25, 0.3) is 23.8 Å². The van der Waals surface area contributed by atoms with Gasteiger partial charge in [0.1, 0.15) is 45.9 Å². The number of ether oxygens (including phenoxy) is 1. The number of pyridine rings is 1. The molecule has 10 aromatic carbocycles. The number of Topliss-reactive ketones (excluding diaryl/α,β-unsaturated/α-hetero) is 6. The lowest BCUT2D eigenvalue weighted by molar-refractivity contribution is 0.0973. The molecule has 604 valence electrons. The number of rotatable bonds is 18. The van der Waals surface area contributed by atoms with Gasteiger partial charge in [0.05, 0.1) is 46.7 Å². The van der Waals surface area contributed by atoms with Crippen LogP contribution >= 0.6 is 11.8 Å². The minimum absolute atomic E-state index is 0.00284. The normalized spacial score (nSPS) is 13.8. The Morgan fingerprint density at radius 3 is 1.17 bits per heavy atom. The summed E-state index contributed by atoms with van der Waals surface area (Å²) in [7, 11) is 3.56. The van der Waals surface area contributed by atoms with E-state index >= 15 is 0 Å². The standard InChI is InChI=1S/C27H22N2O2.C27H21NO4S.C25H16N2O3.C24H15N3O3/c1-19(26-27(30)22-15-9-10-16-23(22)28(26)2)24-17-18-25(31-24)29(20-11-5-3-6-12-20)21-13-7-4-8-14-21;1-31-21-12-10-20(11-13-21)28(19-8-6-18(17-29)7-9-19)26-15-14-22(32-26)16-25-27(30)23-4-2-3-5-24(23)33-25;28-24-20-12-7-15-26-23(20)25(29)21(24)16-19-13-14-22(30-19)27(17-8-3-1-4-9-17)18-10-5-2-6-11-18;28-23-19(24(29)22-21(23)25-13-14-26-22)15-18-11-12-20(30-18)27(16-7-3-1-4-8-16)17-9-5-2-6-10-17/h3-18H,1-2H3;2-16,29H,17H2,1H3;1-16H;1-15H/b26-19-;25-16-;21-16-;. The van der Waals surface area contributed by atoms with Gasteiger partial charge in [0.15, 0.2) is 5.78 Å². The van der Waals surface area contributed by atoms with E-state index in [2.05, 4.69) is 19.9 Å². The maximum Gasteiger partial charge on any atom is 0.217 e. The van der Waals surface area contributed by atoms with Crippen LogP contribution in [0.4, 0.5) is 74.7 Å². The Bertz CT molecular complexity index is 6340. The number of aliphatic hydroxyl groups is 1. The highest BCUT2D eigenvalue weighted by Gasteiger charge is 2.38. The highest BCUT2D eigenvalue weighted by atomic mass is 32.2. The molecule has 4 aliphatic rings. The van der Waals surface area contributed by atoms with Crippen molar-refractivity contribution in [3.63, 3.8) is 0 Å². The fourth-order valence-electron chi connectivity index (χ4n) is 14.7. The number of allylic oxidation sites excluding steroid dienone is 5. The molecule has 20 nitrogen and oxygen atoms in total. The SMILES string of the molecule is C/C(=C1\C(=O)c2ccccc2N1C)c1ccc(N(c2ccccc2)c2ccccc2)o1.COc1ccc(N(c2ccc(CO)cc2)c2ccc(/C=C3\Sc4ccccc4C3=O)o2)cc1.O=C1/C(=C/c2ccc(N(c3ccccc3)c3ccccc3)o2)C(=O)c2ncccc21.O=C1C(=Cc2ccc(N(c3ccccc3)c3ccccc3)o2)C(=O)c2nccnc21. The lowest BCUT2D eigenvalue weighted by Crippen LogP contribution is -2.15. The molecule has 0 bridgehead atoms. The van der Waals surface area contributed by atoms with Gasteiger partial charge < -0.3 is 32.4 Å². The number of hydrogen-bond acceptors (Lipinski definition) is 21.